The zero-order chi connectivity index (χ0) is 13.1. The first-order chi connectivity index (χ1) is 8.56. The number of rotatable bonds is 5. The summed E-state index contributed by atoms with van der Waals surface area (Å²) >= 11 is 3.31. The third kappa shape index (κ3) is 3.70. The molecule has 0 N–H and O–H groups in total. The fourth-order valence-electron chi connectivity index (χ4n) is 1.35. The van der Waals surface area contributed by atoms with Crippen LogP contribution in [0.2, 0.25) is 0 Å². The standard InChI is InChI=1S/C13H16BrNO3/c1-8(2)7-17-12-11(5-10(14)6-15-12)18-13(16)9-3-4-9/h5-6,8-9H,3-4,7H2,1-2H3. The molecule has 0 spiro atoms. The number of esters is 1. The van der Waals surface area contributed by atoms with E-state index in [1.165, 1.54) is 0 Å². The second-order valence-corrected chi connectivity index (χ2v) is 5.77. The van der Waals surface area contributed by atoms with Gasteiger partial charge in [0.05, 0.1) is 12.5 Å². The number of carbonyl (C=O) groups is 1. The summed E-state index contributed by atoms with van der Waals surface area (Å²) in [7, 11) is 0. The van der Waals surface area contributed by atoms with Crippen molar-refractivity contribution in [3.05, 3.63) is 16.7 Å². The number of hydrogen-bond donors (Lipinski definition) is 0. The molecule has 0 radical (unpaired) electrons. The van der Waals surface area contributed by atoms with Gasteiger partial charge in [-0.1, -0.05) is 13.8 Å². The van der Waals surface area contributed by atoms with Gasteiger partial charge in [-0.25, -0.2) is 4.98 Å². The van der Waals surface area contributed by atoms with Crippen molar-refractivity contribution in [3.63, 3.8) is 0 Å². The number of nitrogens with zero attached hydrogens (tertiary/aromatic N) is 1. The van der Waals surface area contributed by atoms with Gasteiger partial charge in [0.2, 0.25) is 0 Å². The van der Waals surface area contributed by atoms with Gasteiger partial charge in [-0.3, -0.25) is 4.79 Å². The molecule has 0 atom stereocenters. The van der Waals surface area contributed by atoms with E-state index in [0.29, 0.717) is 24.2 Å². The van der Waals surface area contributed by atoms with Gasteiger partial charge < -0.3 is 9.47 Å². The molecule has 0 saturated heterocycles. The van der Waals surface area contributed by atoms with Crippen LogP contribution >= 0.6 is 15.9 Å². The summed E-state index contributed by atoms with van der Waals surface area (Å²) in [6, 6.07) is 1.71. The molecule has 0 aliphatic heterocycles. The lowest BCUT2D eigenvalue weighted by molar-refractivity contribution is -0.135. The molecule has 1 fully saturated rings. The fraction of sp³-hybridized carbons (Fsp3) is 0.538. The maximum Gasteiger partial charge on any atom is 0.314 e. The lowest BCUT2D eigenvalue weighted by atomic mass is 10.2. The van der Waals surface area contributed by atoms with E-state index in [9.17, 15) is 4.79 Å². The van der Waals surface area contributed by atoms with E-state index in [4.69, 9.17) is 9.47 Å². The largest absolute Gasteiger partial charge is 0.475 e. The van der Waals surface area contributed by atoms with Gasteiger partial charge in [0.25, 0.3) is 5.88 Å². The maximum atomic E-state index is 11.7. The van der Waals surface area contributed by atoms with E-state index in [-0.39, 0.29) is 11.9 Å². The molecule has 98 valence electrons. The van der Waals surface area contributed by atoms with Crippen molar-refractivity contribution in [1.82, 2.24) is 4.98 Å². The average Bonchev–Trinajstić information content (AvgIpc) is 3.11. The number of hydrogen-bond acceptors (Lipinski definition) is 4. The molecule has 0 bridgehead atoms. The van der Waals surface area contributed by atoms with Crippen molar-refractivity contribution in [2.45, 2.75) is 26.7 Å². The van der Waals surface area contributed by atoms with Crippen LogP contribution in [0.5, 0.6) is 11.6 Å². The highest BCUT2D eigenvalue weighted by Gasteiger charge is 2.32. The fourth-order valence-corrected chi connectivity index (χ4v) is 1.66. The third-order valence-electron chi connectivity index (χ3n) is 2.46. The molecule has 0 amide bonds. The van der Waals surface area contributed by atoms with Crippen LogP contribution in [0.4, 0.5) is 0 Å². The topological polar surface area (TPSA) is 48.4 Å². The third-order valence-corrected chi connectivity index (χ3v) is 2.89. The van der Waals surface area contributed by atoms with Crippen molar-refractivity contribution < 1.29 is 14.3 Å². The summed E-state index contributed by atoms with van der Waals surface area (Å²) in [6.07, 6.45) is 3.47. The Morgan fingerprint density at radius 3 is 2.89 bits per heavy atom. The summed E-state index contributed by atoms with van der Waals surface area (Å²) in [6.45, 7) is 4.64. The van der Waals surface area contributed by atoms with Crippen molar-refractivity contribution in [1.29, 1.82) is 0 Å². The Morgan fingerprint density at radius 2 is 2.28 bits per heavy atom. The predicted molar refractivity (Wildman–Crippen MR) is 70.6 cm³/mol. The van der Waals surface area contributed by atoms with Gasteiger partial charge in [0.15, 0.2) is 5.75 Å². The number of aromatic nitrogens is 1. The normalized spacial score (nSPS) is 14.7. The highest BCUT2D eigenvalue weighted by molar-refractivity contribution is 9.10. The smallest absolute Gasteiger partial charge is 0.314 e. The molecule has 4 nitrogen and oxygen atoms in total. The minimum Gasteiger partial charge on any atom is -0.475 e. The number of halogens is 1. The molecule has 18 heavy (non-hydrogen) atoms. The molecule has 2 rings (SSSR count). The first-order valence-electron chi connectivity index (χ1n) is 6.06. The zero-order valence-electron chi connectivity index (χ0n) is 10.5. The van der Waals surface area contributed by atoms with Crippen molar-refractivity contribution >= 4 is 21.9 Å². The summed E-state index contributed by atoms with van der Waals surface area (Å²) in [5.41, 5.74) is 0. The van der Waals surface area contributed by atoms with E-state index in [2.05, 4.69) is 34.8 Å². The van der Waals surface area contributed by atoms with Crippen LogP contribution in [0.15, 0.2) is 16.7 Å². The lowest BCUT2D eigenvalue weighted by Gasteiger charge is -2.12. The van der Waals surface area contributed by atoms with Gasteiger partial charge in [-0.05, 0) is 34.7 Å². The van der Waals surface area contributed by atoms with Crippen LogP contribution in [0, 0.1) is 11.8 Å². The van der Waals surface area contributed by atoms with Gasteiger partial charge in [0.1, 0.15) is 0 Å². The Morgan fingerprint density at radius 1 is 1.56 bits per heavy atom. The van der Waals surface area contributed by atoms with E-state index in [1.54, 1.807) is 12.3 Å². The van der Waals surface area contributed by atoms with E-state index in [1.807, 2.05) is 0 Å². The van der Waals surface area contributed by atoms with E-state index >= 15 is 0 Å². The molecule has 1 aliphatic carbocycles. The summed E-state index contributed by atoms with van der Waals surface area (Å²) in [4.78, 5) is 15.8. The molecular formula is C13H16BrNO3. The number of pyridine rings is 1. The molecule has 1 aliphatic rings. The van der Waals surface area contributed by atoms with Gasteiger partial charge in [0, 0.05) is 16.7 Å². The zero-order valence-corrected chi connectivity index (χ0v) is 12.1. The summed E-state index contributed by atoms with van der Waals surface area (Å²) in [5, 5.41) is 0. The Kier molecular flexibility index (Phi) is 4.22. The van der Waals surface area contributed by atoms with Gasteiger partial charge >= 0.3 is 5.97 Å². The van der Waals surface area contributed by atoms with Crippen LogP contribution in [0.3, 0.4) is 0 Å². The van der Waals surface area contributed by atoms with Gasteiger partial charge in [-0.2, -0.15) is 0 Å². The lowest BCUT2D eigenvalue weighted by Crippen LogP contribution is -2.12. The second-order valence-electron chi connectivity index (χ2n) is 4.86. The highest BCUT2D eigenvalue weighted by atomic mass is 79.9. The molecule has 1 saturated carbocycles. The monoisotopic (exact) mass is 313 g/mol. The second kappa shape index (κ2) is 5.69. The van der Waals surface area contributed by atoms with Crippen LogP contribution in [-0.4, -0.2) is 17.6 Å². The Balaban J connectivity index is 2.09. The minimum atomic E-state index is -0.190. The number of ether oxygens (including phenoxy) is 2. The quantitative estimate of drug-likeness (QED) is 0.783. The molecule has 1 heterocycles. The molecule has 1 aromatic rings. The summed E-state index contributed by atoms with van der Waals surface area (Å²) in [5.74, 6) is 1.02. The Bertz CT molecular complexity index is 444. The number of carbonyl (C=O) groups excluding carboxylic acids is 1. The van der Waals surface area contributed by atoms with Gasteiger partial charge in [-0.15, -0.1) is 0 Å². The average molecular weight is 314 g/mol. The van der Waals surface area contributed by atoms with Crippen molar-refractivity contribution in [2.24, 2.45) is 11.8 Å². The highest BCUT2D eigenvalue weighted by Crippen LogP contribution is 2.34. The molecule has 1 aromatic heterocycles. The van der Waals surface area contributed by atoms with Crippen molar-refractivity contribution in [3.8, 4) is 11.6 Å². The predicted octanol–water partition coefficient (Wildman–Crippen LogP) is 3.19. The Labute approximate surface area is 115 Å². The molecule has 5 heteroatoms. The molecule has 0 aromatic carbocycles. The SMILES string of the molecule is CC(C)COc1ncc(Br)cc1OC(=O)C1CC1. The van der Waals surface area contributed by atoms with Crippen LogP contribution in [0.25, 0.3) is 0 Å². The molecule has 0 unspecified atom stereocenters. The maximum absolute atomic E-state index is 11.7. The van der Waals surface area contributed by atoms with Crippen LogP contribution in [-0.2, 0) is 4.79 Å². The van der Waals surface area contributed by atoms with E-state index < -0.39 is 0 Å². The van der Waals surface area contributed by atoms with Crippen LogP contribution < -0.4 is 9.47 Å². The molecular weight excluding hydrogens is 298 g/mol. The summed E-state index contributed by atoms with van der Waals surface area (Å²) < 4.78 is 11.6. The minimum absolute atomic E-state index is 0.0573. The van der Waals surface area contributed by atoms with Crippen LogP contribution in [0.1, 0.15) is 26.7 Å². The van der Waals surface area contributed by atoms with Crippen molar-refractivity contribution in [2.75, 3.05) is 6.61 Å². The first kappa shape index (κ1) is 13.3. The Hall–Kier alpha value is -1.10. The first-order valence-corrected chi connectivity index (χ1v) is 6.85. The van der Waals surface area contributed by atoms with E-state index in [0.717, 1.165) is 17.3 Å².